The fourth-order valence-electron chi connectivity index (χ4n) is 9.51. The van der Waals surface area contributed by atoms with Gasteiger partial charge in [-0.25, -0.2) is 42.5 Å². The molecule has 0 bridgehead atoms. The molecule has 9 N–H and O–H groups in total. The van der Waals surface area contributed by atoms with Gasteiger partial charge in [0.05, 0.1) is 25.6 Å². The number of hydrogen-bond acceptors (Lipinski definition) is 21. The van der Waals surface area contributed by atoms with Gasteiger partial charge in [-0.3, -0.25) is 65.9 Å². The number of nitrogens with one attached hydrogen (secondary N) is 4. The quantitative estimate of drug-likeness (QED) is 0.0337. The molecule has 4 saturated heterocycles. The SMILES string of the molecule is CC(C)C(NC(=O)CCCCCN1C(=O)CCC1=O)C(=O)NC(CCCNC(N)=O)C(=O)Cc1ccc(CSP2(=O)OC[C@H]3O[C@@H](n4cnc5c(N)ncnc54)[C@H](F)[C@@H]3OP(=O)(O)OC[C@H]3O[C@@H](n4ccc(=O)[nH]c4=O)[C@H](F)[C@@H]3O2)cc1. The average molecular weight is 1210 g/mol. The number of carbonyl (C=O) groups is 6. The summed E-state index contributed by atoms with van der Waals surface area (Å²) in [6, 6.07) is 4.33. The fraction of sp³-hybridized carbons (Fsp3) is 0.562. The minimum atomic E-state index is -5.30. The number of amides is 6. The van der Waals surface area contributed by atoms with Crippen LogP contribution in [0.5, 0.6) is 0 Å². The van der Waals surface area contributed by atoms with Gasteiger partial charge in [-0.15, -0.1) is 0 Å². The molecule has 446 valence electrons. The van der Waals surface area contributed by atoms with Crippen LogP contribution in [0.1, 0.15) is 88.8 Å². The number of nitrogens with zero attached hydrogens (tertiary/aromatic N) is 6. The van der Waals surface area contributed by atoms with Gasteiger partial charge in [-0.05, 0) is 54.1 Å². The van der Waals surface area contributed by atoms with E-state index in [9.17, 15) is 47.8 Å². The first-order chi connectivity index (χ1) is 39.0. The normalized spacial score (nSPS) is 27.5. The summed E-state index contributed by atoms with van der Waals surface area (Å²) in [5, 5.41) is 7.97. The number of benzene rings is 1. The Hall–Kier alpha value is -6.34. The number of nitrogens with two attached hydrogens (primary N) is 2. The number of anilines is 1. The maximum absolute atomic E-state index is 16.7. The summed E-state index contributed by atoms with van der Waals surface area (Å²) >= 11 is 0.543. The largest absolute Gasteiger partial charge is 0.472 e. The van der Waals surface area contributed by atoms with E-state index in [2.05, 4.69) is 30.9 Å². The maximum atomic E-state index is 16.7. The highest BCUT2D eigenvalue weighted by atomic mass is 32.7. The molecule has 4 aliphatic rings. The van der Waals surface area contributed by atoms with Crippen LogP contribution in [0.4, 0.5) is 19.4 Å². The number of primary amides is 1. The number of fused-ring (bicyclic) bond motifs is 3. The second-order valence-corrected chi connectivity index (χ2v) is 25.5. The topological polar surface area (TPSA) is 402 Å². The summed E-state index contributed by atoms with van der Waals surface area (Å²) in [5.41, 5.74) is 10.3. The van der Waals surface area contributed by atoms with Gasteiger partial charge >= 0.3 is 26.3 Å². The molecule has 3 aromatic heterocycles. The lowest BCUT2D eigenvalue weighted by Crippen LogP contribution is -2.54. The number of H-pyrrole nitrogens is 1. The predicted octanol–water partition coefficient (Wildman–Crippen LogP) is 2.28. The Morgan fingerprint density at radius 1 is 0.854 bits per heavy atom. The van der Waals surface area contributed by atoms with Crippen molar-refractivity contribution in [2.45, 2.75) is 139 Å². The zero-order valence-corrected chi connectivity index (χ0v) is 46.9. The van der Waals surface area contributed by atoms with Crippen LogP contribution in [-0.4, -0.2) is 149 Å². The van der Waals surface area contributed by atoms with Crippen LogP contribution in [0.2, 0.25) is 0 Å². The van der Waals surface area contributed by atoms with Gasteiger partial charge in [0.15, 0.2) is 42.0 Å². The summed E-state index contributed by atoms with van der Waals surface area (Å²) in [6.07, 6.45) is -10.3. The molecule has 4 fully saturated rings. The average Bonchev–Trinajstić information content (AvgIpc) is 4.39. The van der Waals surface area contributed by atoms with Crippen LogP contribution in [0.15, 0.2) is 58.8 Å². The molecular weight excluding hydrogens is 1150 g/mol. The van der Waals surface area contributed by atoms with Crippen molar-refractivity contribution in [2.24, 2.45) is 11.7 Å². The highest BCUT2D eigenvalue weighted by Gasteiger charge is 2.55. The van der Waals surface area contributed by atoms with E-state index in [1.54, 1.807) is 38.1 Å². The van der Waals surface area contributed by atoms with E-state index in [1.165, 1.54) is 4.90 Å². The number of Topliss-reactive ketones (excluding diaryl/α,β-unsaturated/α-hetero) is 1. The first-order valence-electron chi connectivity index (χ1n) is 26.1. The molecule has 12 atom stereocenters. The molecule has 0 aliphatic carbocycles. The van der Waals surface area contributed by atoms with Gasteiger partial charge in [0.25, 0.3) is 5.56 Å². The fourth-order valence-corrected chi connectivity index (χ4v) is 13.9. The van der Waals surface area contributed by atoms with Crippen molar-refractivity contribution in [3.8, 4) is 0 Å². The minimum absolute atomic E-state index is 0.0193. The maximum Gasteiger partial charge on any atom is 0.472 e. The van der Waals surface area contributed by atoms with Crippen LogP contribution < -0.4 is 38.7 Å². The predicted molar refractivity (Wildman–Crippen MR) is 284 cm³/mol. The van der Waals surface area contributed by atoms with E-state index in [1.807, 2.05) is 4.98 Å². The highest BCUT2D eigenvalue weighted by Crippen LogP contribution is 2.65. The summed E-state index contributed by atoms with van der Waals surface area (Å²) in [7, 11) is -5.30. The number of halogens is 2. The van der Waals surface area contributed by atoms with Gasteiger partial charge in [-0.2, -0.15) is 0 Å². The molecule has 6 amide bonds. The third kappa shape index (κ3) is 15.3. The van der Waals surface area contributed by atoms with E-state index in [-0.39, 0.29) is 86.2 Å². The Labute approximate surface area is 469 Å². The van der Waals surface area contributed by atoms with Crippen molar-refractivity contribution in [2.75, 3.05) is 32.0 Å². The zero-order valence-electron chi connectivity index (χ0n) is 44.2. The van der Waals surface area contributed by atoms with Crippen molar-refractivity contribution in [1.82, 2.24) is 49.9 Å². The Bertz CT molecular complexity index is 3210. The number of phosphoric acid groups is 1. The molecule has 29 nitrogen and oxygen atoms in total. The van der Waals surface area contributed by atoms with E-state index < -0.39 is 130 Å². The number of carbonyl (C=O) groups excluding carboxylic acids is 6. The van der Waals surface area contributed by atoms with Crippen LogP contribution in [-0.2, 0) is 72.8 Å². The molecule has 4 aromatic rings. The molecule has 0 spiro atoms. The van der Waals surface area contributed by atoms with E-state index in [4.69, 9.17) is 39.0 Å². The number of hydrogen-bond donors (Lipinski definition) is 7. The number of aromatic nitrogens is 6. The molecule has 1 aromatic carbocycles. The van der Waals surface area contributed by atoms with Crippen molar-refractivity contribution in [1.29, 1.82) is 0 Å². The highest BCUT2D eigenvalue weighted by molar-refractivity contribution is 8.54. The van der Waals surface area contributed by atoms with E-state index >= 15 is 13.3 Å². The van der Waals surface area contributed by atoms with Crippen LogP contribution in [0, 0.1) is 5.92 Å². The summed E-state index contributed by atoms with van der Waals surface area (Å²) in [5.74, 6) is -2.53. The third-order valence-corrected chi connectivity index (χ3v) is 18.4. The lowest BCUT2D eigenvalue weighted by molar-refractivity contribution is -0.138. The van der Waals surface area contributed by atoms with E-state index in [0.717, 1.165) is 29.5 Å². The monoisotopic (exact) mass is 1210 g/mol. The van der Waals surface area contributed by atoms with Gasteiger partial charge in [0, 0.05) is 56.8 Å². The molecule has 82 heavy (non-hydrogen) atoms. The van der Waals surface area contributed by atoms with Crippen molar-refractivity contribution < 1.29 is 79.1 Å². The number of ketones is 1. The van der Waals surface area contributed by atoms with Crippen LogP contribution in [0.25, 0.3) is 11.2 Å². The van der Waals surface area contributed by atoms with Crippen molar-refractivity contribution >= 4 is 78.4 Å². The lowest BCUT2D eigenvalue weighted by atomic mass is 9.97. The molecule has 4 unspecified atom stereocenters. The Kier molecular flexibility index (Phi) is 20.3. The molecule has 7 heterocycles. The smallest absolute Gasteiger partial charge is 0.382 e. The van der Waals surface area contributed by atoms with Crippen molar-refractivity contribution in [3.63, 3.8) is 0 Å². The number of unbranched alkanes of at least 4 members (excludes halogenated alkanes) is 2. The van der Waals surface area contributed by atoms with Gasteiger partial charge in [-0.1, -0.05) is 44.5 Å². The molecule has 0 radical (unpaired) electrons. The van der Waals surface area contributed by atoms with Gasteiger partial charge in [0.1, 0.15) is 42.3 Å². The zero-order chi connectivity index (χ0) is 59.0. The number of phosphoric ester groups is 1. The number of nitrogen functional groups attached to an aromatic ring is 1. The van der Waals surface area contributed by atoms with Crippen LogP contribution in [0.3, 0.4) is 0 Å². The second kappa shape index (κ2) is 26.9. The molecule has 8 rings (SSSR count). The number of rotatable bonds is 22. The molecule has 4 aliphatic heterocycles. The standard InChI is InChI=1S/C48H62F2N12O17P2S/c1-25(2)38(58-32(64)8-4-3-5-17-60-34(66)13-14-35(60)67)44(68)57-28(7-6-16-53-47(52)69)29(63)19-26-9-11-27(12-10-26)22-82-81(73)75-21-31-40(36(49)46(77-31)62-24-56-39-42(51)54-23-55-43(39)62)78-80(71,72)74-20-30-41(79-81)37(50)45(76-30)61-18-15-33(65)59-48(61)70/h9-12,15,18,23-25,28,30-31,36-38,40-41,45-46H,3-8,13-14,16-17,19-22H2,1-2H3,(H,57,68)(H,58,64)(H,71,72)(H2,51,54,55)(H3,52,53,69)(H,59,65,70)/t28?,30-,31-,36-,37-,38?,40-,41-,45-,46-,81?/m1/s1. The molecule has 0 saturated carbocycles. The van der Waals surface area contributed by atoms with Gasteiger partial charge < -0.3 is 41.8 Å². The summed E-state index contributed by atoms with van der Waals surface area (Å²) in [4.78, 5) is 127. The van der Waals surface area contributed by atoms with Crippen LogP contribution >= 0.6 is 26.0 Å². The third-order valence-electron chi connectivity index (χ3n) is 13.8. The van der Waals surface area contributed by atoms with Crippen molar-refractivity contribution in [3.05, 3.63) is 81.1 Å². The second-order valence-electron chi connectivity index (χ2n) is 20.0. The molecular formula is C48H62F2N12O17P2S. The number of imide groups is 1. The number of urea groups is 1. The molecule has 34 heteroatoms. The summed E-state index contributed by atoms with van der Waals surface area (Å²) < 4.78 is 97.7. The number of likely N-dealkylation sites (tertiary alicyclic amines) is 1. The Morgan fingerprint density at radius 3 is 2.18 bits per heavy atom. The minimum Gasteiger partial charge on any atom is -0.382 e. The number of aromatic amines is 1. The van der Waals surface area contributed by atoms with E-state index in [0.29, 0.717) is 46.3 Å². The Morgan fingerprint density at radius 2 is 1.51 bits per heavy atom. The lowest BCUT2D eigenvalue weighted by Gasteiger charge is -2.29. The first kappa shape index (κ1) is 61.7. The first-order valence-corrected chi connectivity index (χ1v) is 30.8. The summed E-state index contributed by atoms with van der Waals surface area (Å²) in [6.45, 7) is -2.83. The Balaban J connectivity index is 0.955. The number of alkyl halides is 2. The number of ether oxygens (including phenoxy) is 2. The number of imidazole rings is 1. The van der Waals surface area contributed by atoms with Gasteiger partial charge in [0.2, 0.25) is 23.6 Å².